The van der Waals surface area contributed by atoms with Crippen molar-refractivity contribution in [3.05, 3.63) is 88.6 Å². The molecule has 1 N–H and O–H groups in total. The molecule has 1 aliphatic heterocycles. The number of nitrogens with one attached hydrogen (secondary N) is 1. The van der Waals surface area contributed by atoms with Crippen LogP contribution in [0.1, 0.15) is 11.1 Å². The Morgan fingerprint density at radius 3 is 2.89 bits per heavy atom. The predicted molar refractivity (Wildman–Crippen MR) is 105 cm³/mol. The van der Waals surface area contributed by atoms with Crippen LogP contribution >= 0.6 is 0 Å². The summed E-state index contributed by atoms with van der Waals surface area (Å²) in [5.74, 6) is 0.306. The van der Waals surface area contributed by atoms with Crippen LogP contribution < -0.4 is 11.0 Å². The Bertz CT molecular complexity index is 1160. The molecule has 0 amide bonds. The van der Waals surface area contributed by atoms with Crippen molar-refractivity contribution in [2.24, 2.45) is 11.0 Å². The molecule has 3 heterocycles. The highest BCUT2D eigenvalue weighted by Crippen LogP contribution is 2.26. The van der Waals surface area contributed by atoms with Crippen LogP contribution in [0.25, 0.3) is 16.6 Å². The average molecular weight is 355 g/mol. The lowest BCUT2D eigenvalue weighted by Crippen LogP contribution is -2.25. The van der Waals surface area contributed by atoms with Crippen LogP contribution in [0, 0.1) is 5.92 Å². The van der Waals surface area contributed by atoms with Gasteiger partial charge in [0.25, 0.3) is 5.56 Å². The van der Waals surface area contributed by atoms with Crippen molar-refractivity contribution in [2.75, 3.05) is 0 Å². The fourth-order valence-electron chi connectivity index (χ4n) is 3.48. The Labute approximate surface area is 155 Å². The van der Waals surface area contributed by atoms with Crippen LogP contribution in [0.5, 0.6) is 0 Å². The smallest absolute Gasteiger partial charge is 0.263 e. The molecule has 2 aromatic heterocycles. The first-order valence-corrected chi connectivity index (χ1v) is 8.86. The number of nitrogens with zero attached hydrogens (tertiary/aromatic N) is 4. The van der Waals surface area contributed by atoms with Gasteiger partial charge in [0.15, 0.2) is 5.65 Å². The second-order valence-electron chi connectivity index (χ2n) is 6.74. The van der Waals surface area contributed by atoms with Crippen molar-refractivity contribution in [3.8, 4) is 0 Å². The van der Waals surface area contributed by atoms with Crippen LogP contribution in [-0.4, -0.2) is 26.8 Å². The van der Waals surface area contributed by atoms with Gasteiger partial charge in [-0.25, -0.2) is 9.97 Å². The minimum atomic E-state index is -0.0749. The van der Waals surface area contributed by atoms with Gasteiger partial charge in [-0.1, -0.05) is 42.5 Å². The van der Waals surface area contributed by atoms with E-state index in [1.54, 1.807) is 29.2 Å². The van der Waals surface area contributed by atoms with Gasteiger partial charge in [-0.15, -0.1) is 0 Å². The summed E-state index contributed by atoms with van der Waals surface area (Å²) >= 11 is 0. The molecule has 3 aromatic rings. The van der Waals surface area contributed by atoms with Gasteiger partial charge in [0.05, 0.1) is 18.0 Å². The van der Waals surface area contributed by atoms with Gasteiger partial charge in [-0.2, -0.15) is 5.10 Å². The van der Waals surface area contributed by atoms with Crippen molar-refractivity contribution >= 4 is 22.8 Å². The predicted octanol–water partition coefficient (Wildman–Crippen LogP) is 2.37. The molecule has 27 heavy (non-hydrogen) atoms. The summed E-state index contributed by atoms with van der Waals surface area (Å²) in [6.45, 7) is 0.479. The first-order chi connectivity index (χ1) is 13.3. The lowest BCUT2D eigenvalue weighted by Gasteiger charge is -2.17. The van der Waals surface area contributed by atoms with Crippen molar-refractivity contribution in [1.82, 2.24) is 20.0 Å². The molecule has 6 heteroatoms. The molecule has 1 aromatic carbocycles. The maximum Gasteiger partial charge on any atom is 0.263 e. The Balaban J connectivity index is 1.40. The van der Waals surface area contributed by atoms with E-state index >= 15 is 0 Å². The number of benzene rings is 1. The van der Waals surface area contributed by atoms with E-state index in [9.17, 15) is 4.79 Å². The normalized spacial score (nSPS) is 20.4. The molecule has 0 bridgehead atoms. The number of hydrazone groups is 1. The highest BCUT2D eigenvalue weighted by Gasteiger charge is 2.22. The number of pyridine rings is 1. The maximum absolute atomic E-state index is 12.6. The summed E-state index contributed by atoms with van der Waals surface area (Å²) in [7, 11) is 0. The molecule has 0 spiro atoms. The average Bonchev–Trinajstić information content (AvgIpc) is 3.19. The highest BCUT2D eigenvalue weighted by atomic mass is 16.1. The van der Waals surface area contributed by atoms with Crippen LogP contribution in [0.2, 0.25) is 0 Å². The van der Waals surface area contributed by atoms with Gasteiger partial charge < -0.3 is 5.43 Å². The zero-order chi connectivity index (χ0) is 18.2. The third-order valence-corrected chi connectivity index (χ3v) is 4.98. The SMILES string of the molecule is O=c1c2cccnc2ncn1Cc1ccc(C2=CC3C=NNC3C=C2)cc1. The van der Waals surface area contributed by atoms with E-state index < -0.39 is 0 Å². The Morgan fingerprint density at radius 1 is 1.11 bits per heavy atom. The summed E-state index contributed by atoms with van der Waals surface area (Å²) in [5, 5.41) is 4.67. The zero-order valence-corrected chi connectivity index (χ0v) is 14.5. The quantitative estimate of drug-likeness (QED) is 0.783. The van der Waals surface area contributed by atoms with E-state index in [0.29, 0.717) is 23.5 Å². The van der Waals surface area contributed by atoms with E-state index in [4.69, 9.17) is 0 Å². The molecule has 2 unspecified atom stereocenters. The summed E-state index contributed by atoms with van der Waals surface area (Å²) in [5.41, 5.74) is 6.88. The van der Waals surface area contributed by atoms with Gasteiger partial charge in [0.1, 0.15) is 6.33 Å². The molecule has 5 rings (SSSR count). The molecule has 0 radical (unpaired) electrons. The number of rotatable bonds is 3. The van der Waals surface area contributed by atoms with Crippen LogP contribution in [0.4, 0.5) is 0 Å². The van der Waals surface area contributed by atoms with E-state index in [-0.39, 0.29) is 11.6 Å². The highest BCUT2D eigenvalue weighted by molar-refractivity contribution is 5.81. The molecule has 2 aliphatic rings. The maximum atomic E-state index is 12.6. The van der Waals surface area contributed by atoms with E-state index in [0.717, 1.165) is 11.1 Å². The molecule has 1 aliphatic carbocycles. The lowest BCUT2D eigenvalue weighted by molar-refractivity contribution is 0.624. The van der Waals surface area contributed by atoms with Crippen molar-refractivity contribution in [3.63, 3.8) is 0 Å². The minimum absolute atomic E-state index is 0.0749. The van der Waals surface area contributed by atoms with E-state index in [1.165, 1.54) is 5.57 Å². The van der Waals surface area contributed by atoms with E-state index in [2.05, 4.69) is 63.0 Å². The number of allylic oxidation sites excluding steroid dienone is 2. The molecular formula is C21H17N5O. The molecule has 132 valence electrons. The zero-order valence-electron chi connectivity index (χ0n) is 14.5. The fourth-order valence-corrected chi connectivity index (χ4v) is 3.48. The molecule has 6 nitrogen and oxygen atoms in total. The van der Waals surface area contributed by atoms with Gasteiger partial charge in [0, 0.05) is 18.3 Å². The summed E-state index contributed by atoms with van der Waals surface area (Å²) in [4.78, 5) is 21.0. The van der Waals surface area contributed by atoms with Gasteiger partial charge in [-0.3, -0.25) is 9.36 Å². The van der Waals surface area contributed by atoms with Crippen molar-refractivity contribution < 1.29 is 0 Å². The van der Waals surface area contributed by atoms with Gasteiger partial charge >= 0.3 is 0 Å². The third-order valence-electron chi connectivity index (χ3n) is 4.98. The Kier molecular flexibility index (Phi) is 3.67. The van der Waals surface area contributed by atoms with Crippen molar-refractivity contribution in [1.29, 1.82) is 0 Å². The largest absolute Gasteiger partial charge is 0.302 e. The standard InChI is InChI=1S/C21H17N5O/c27-21-18-2-1-9-22-20(18)23-13-26(21)12-14-3-5-15(6-4-14)16-7-8-19-17(10-16)11-24-25-19/h1-11,13,17,19,25H,12H2. The van der Waals surface area contributed by atoms with Gasteiger partial charge in [-0.05, 0) is 28.8 Å². The number of hydrogen-bond donors (Lipinski definition) is 1. The van der Waals surface area contributed by atoms with Crippen LogP contribution in [0.15, 0.2) is 77.0 Å². The fraction of sp³-hybridized carbons (Fsp3) is 0.143. The summed E-state index contributed by atoms with van der Waals surface area (Å²) in [6.07, 6.45) is 11.6. The first kappa shape index (κ1) is 15.7. The van der Waals surface area contributed by atoms with Gasteiger partial charge in [0.2, 0.25) is 0 Å². The number of hydrogen-bond acceptors (Lipinski definition) is 5. The summed E-state index contributed by atoms with van der Waals surface area (Å²) < 4.78 is 1.62. The van der Waals surface area contributed by atoms with Crippen LogP contribution in [0.3, 0.4) is 0 Å². The topological polar surface area (TPSA) is 72.2 Å². The number of aromatic nitrogens is 3. The second kappa shape index (κ2) is 6.32. The third kappa shape index (κ3) is 2.85. The molecule has 2 atom stereocenters. The second-order valence-corrected chi connectivity index (χ2v) is 6.74. The van der Waals surface area contributed by atoms with Crippen molar-refractivity contribution in [2.45, 2.75) is 12.6 Å². The Hall–Kier alpha value is -3.54. The molecule has 0 fully saturated rings. The molecular weight excluding hydrogens is 338 g/mol. The molecule has 0 saturated carbocycles. The molecule has 0 saturated heterocycles. The minimum Gasteiger partial charge on any atom is -0.302 e. The lowest BCUT2D eigenvalue weighted by atomic mass is 9.90. The van der Waals surface area contributed by atoms with Crippen LogP contribution in [-0.2, 0) is 6.54 Å². The monoisotopic (exact) mass is 355 g/mol. The summed E-state index contributed by atoms with van der Waals surface area (Å²) in [6, 6.07) is 12.1. The Morgan fingerprint density at radius 2 is 2.00 bits per heavy atom. The number of fused-ring (bicyclic) bond motifs is 2. The first-order valence-electron chi connectivity index (χ1n) is 8.86. The van der Waals surface area contributed by atoms with E-state index in [1.807, 2.05) is 6.21 Å².